The number of aromatic amines is 1. The van der Waals surface area contributed by atoms with Crippen LogP contribution in [-0.4, -0.2) is 19.7 Å². The summed E-state index contributed by atoms with van der Waals surface area (Å²) in [7, 11) is 1.93. The highest BCUT2D eigenvalue weighted by Crippen LogP contribution is 2.32. The van der Waals surface area contributed by atoms with Gasteiger partial charge in [0.1, 0.15) is 0 Å². The molecule has 4 aromatic rings. The van der Waals surface area contributed by atoms with Crippen LogP contribution in [0.2, 0.25) is 0 Å². The van der Waals surface area contributed by atoms with Gasteiger partial charge in [0, 0.05) is 46.9 Å². The minimum absolute atomic E-state index is 0.00500. The Morgan fingerprint density at radius 2 is 2.17 bits per heavy atom. The van der Waals surface area contributed by atoms with Crippen molar-refractivity contribution in [2.75, 3.05) is 5.32 Å². The van der Waals surface area contributed by atoms with Crippen molar-refractivity contribution in [3.8, 4) is 0 Å². The lowest BCUT2D eigenvalue weighted by Gasteiger charge is -2.16. The van der Waals surface area contributed by atoms with E-state index < -0.39 is 0 Å². The smallest absolute Gasteiger partial charge is 0.183 e. The number of hydrogen-bond donors (Lipinski definition) is 2. The van der Waals surface area contributed by atoms with E-state index in [1.54, 1.807) is 11.3 Å². The largest absolute Gasteiger partial charge is 0.361 e. The molecule has 0 radical (unpaired) electrons. The molecule has 2 N–H and O–H groups in total. The molecule has 1 unspecified atom stereocenters. The van der Waals surface area contributed by atoms with Crippen molar-refractivity contribution in [2.24, 2.45) is 7.05 Å². The summed E-state index contributed by atoms with van der Waals surface area (Å²) in [5, 5.41) is 12.1. The minimum atomic E-state index is 0.00500. The molecule has 1 atom stereocenters. The first-order chi connectivity index (χ1) is 11.2. The third kappa shape index (κ3) is 2.61. The van der Waals surface area contributed by atoms with Crippen LogP contribution in [0, 0.1) is 6.92 Å². The number of rotatable bonds is 4. The van der Waals surface area contributed by atoms with E-state index in [4.69, 9.17) is 0 Å². The maximum Gasteiger partial charge on any atom is 0.183 e. The molecule has 0 saturated carbocycles. The zero-order valence-electron chi connectivity index (χ0n) is 12.9. The normalized spacial score (nSPS) is 12.6. The van der Waals surface area contributed by atoms with Gasteiger partial charge in [-0.05, 0) is 13.0 Å². The Bertz CT molecular complexity index is 949. The quantitative estimate of drug-likeness (QED) is 0.599. The lowest BCUT2D eigenvalue weighted by atomic mass is 10.0. The fourth-order valence-electron chi connectivity index (χ4n) is 2.81. The van der Waals surface area contributed by atoms with Gasteiger partial charge in [-0.1, -0.05) is 18.2 Å². The van der Waals surface area contributed by atoms with Crippen molar-refractivity contribution < 1.29 is 0 Å². The first-order valence-corrected chi connectivity index (χ1v) is 8.32. The van der Waals surface area contributed by atoms with Crippen molar-refractivity contribution in [3.63, 3.8) is 0 Å². The molecular weight excluding hydrogens is 306 g/mol. The Balaban J connectivity index is 1.81. The predicted molar refractivity (Wildman–Crippen MR) is 93.8 cm³/mol. The summed E-state index contributed by atoms with van der Waals surface area (Å²) >= 11 is 1.62. The van der Waals surface area contributed by atoms with Crippen LogP contribution in [-0.2, 0) is 7.05 Å². The first-order valence-electron chi connectivity index (χ1n) is 7.44. The molecule has 1 aromatic carbocycles. The highest BCUT2D eigenvalue weighted by atomic mass is 32.1. The second-order valence-electron chi connectivity index (χ2n) is 5.61. The minimum Gasteiger partial charge on any atom is -0.361 e. The van der Waals surface area contributed by atoms with Crippen molar-refractivity contribution in [1.82, 2.24) is 19.7 Å². The van der Waals surface area contributed by atoms with Crippen LogP contribution in [0.4, 0.5) is 5.13 Å². The number of H-pyrrole nitrogens is 1. The van der Waals surface area contributed by atoms with Gasteiger partial charge in [-0.2, -0.15) is 5.10 Å². The molecule has 6 heteroatoms. The van der Waals surface area contributed by atoms with Gasteiger partial charge in [0.05, 0.1) is 17.9 Å². The van der Waals surface area contributed by atoms with E-state index in [1.807, 2.05) is 37.1 Å². The molecular formula is C17H17N5S. The summed E-state index contributed by atoms with van der Waals surface area (Å²) in [4.78, 5) is 7.89. The van der Waals surface area contributed by atoms with Crippen molar-refractivity contribution in [3.05, 3.63) is 65.1 Å². The maximum absolute atomic E-state index is 4.54. The zero-order valence-corrected chi connectivity index (χ0v) is 13.8. The summed E-state index contributed by atoms with van der Waals surface area (Å²) in [6.07, 6.45) is 6.01. The lowest BCUT2D eigenvalue weighted by molar-refractivity contribution is 0.766. The van der Waals surface area contributed by atoms with Crippen LogP contribution in [0.1, 0.15) is 22.9 Å². The average Bonchev–Trinajstić information content (AvgIpc) is 3.25. The number of aromatic nitrogens is 4. The Labute approximate surface area is 138 Å². The van der Waals surface area contributed by atoms with Gasteiger partial charge in [-0.3, -0.25) is 4.68 Å². The van der Waals surface area contributed by atoms with E-state index in [2.05, 4.69) is 50.2 Å². The van der Waals surface area contributed by atoms with Gasteiger partial charge in [-0.25, -0.2) is 4.98 Å². The van der Waals surface area contributed by atoms with Gasteiger partial charge in [0.15, 0.2) is 5.13 Å². The monoisotopic (exact) mass is 323 g/mol. The van der Waals surface area contributed by atoms with Gasteiger partial charge in [0.2, 0.25) is 0 Å². The van der Waals surface area contributed by atoms with Crippen molar-refractivity contribution >= 4 is 27.4 Å². The lowest BCUT2D eigenvalue weighted by Crippen LogP contribution is -2.11. The van der Waals surface area contributed by atoms with E-state index in [9.17, 15) is 0 Å². The second kappa shape index (κ2) is 5.55. The van der Waals surface area contributed by atoms with Crippen LogP contribution >= 0.6 is 11.3 Å². The van der Waals surface area contributed by atoms with Crippen LogP contribution in [0.5, 0.6) is 0 Å². The van der Waals surface area contributed by atoms with E-state index in [0.29, 0.717) is 0 Å². The number of fused-ring (bicyclic) bond motifs is 1. The molecule has 0 bridgehead atoms. The number of para-hydroxylation sites is 1. The third-order valence-electron chi connectivity index (χ3n) is 3.88. The van der Waals surface area contributed by atoms with Gasteiger partial charge >= 0.3 is 0 Å². The number of thiazole rings is 1. The summed E-state index contributed by atoms with van der Waals surface area (Å²) in [5.74, 6) is 0. The molecule has 23 heavy (non-hydrogen) atoms. The fourth-order valence-corrected chi connectivity index (χ4v) is 3.52. The summed E-state index contributed by atoms with van der Waals surface area (Å²) in [5.41, 5.74) is 4.47. The Morgan fingerprint density at radius 1 is 1.30 bits per heavy atom. The third-order valence-corrected chi connectivity index (χ3v) is 4.77. The SMILES string of the molecule is Cc1csc(NC(c2cnn(C)c2)c2c[nH]c3ccccc23)n1. The van der Waals surface area contributed by atoms with E-state index in [1.165, 1.54) is 10.9 Å². The van der Waals surface area contributed by atoms with E-state index in [0.717, 1.165) is 21.9 Å². The second-order valence-corrected chi connectivity index (χ2v) is 6.47. The Hall–Kier alpha value is -2.60. The maximum atomic E-state index is 4.54. The molecule has 0 amide bonds. The molecule has 0 aliphatic rings. The number of nitrogens with one attached hydrogen (secondary N) is 2. The van der Waals surface area contributed by atoms with Gasteiger partial charge in [0.25, 0.3) is 0 Å². The first kappa shape index (κ1) is 14.0. The standard InChI is InChI=1S/C17H17N5S/c1-11-10-23-17(20-11)21-16(12-7-19-22(2)9-12)14-8-18-15-6-4-3-5-13(14)15/h3-10,16,18H,1-2H3,(H,20,21). The highest BCUT2D eigenvalue weighted by Gasteiger charge is 2.20. The summed E-state index contributed by atoms with van der Waals surface area (Å²) in [6.45, 7) is 2.01. The van der Waals surface area contributed by atoms with Gasteiger partial charge in [-0.15, -0.1) is 11.3 Å². The molecule has 0 aliphatic heterocycles. The molecule has 0 fully saturated rings. The summed E-state index contributed by atoms with van der Waals surface area (Å²) < 4.78 is 1.83. The fraction of sp³-hybridized carbons (Fsp3) is 0.176. The zero-order chi connectivity index (χ0) is 15.8. The van der Waals surface area contributed by atoms with Crippen LogP contribution in [0.25, 0.3) is 10.9 Å². The number of benzene rings is 1. The molecule has 0 aliphatic carbocycles. The van der Waals surface area contributed by atoms with Crippen molar-refractivity contribution in [2.45, 2.75) is 13.0 Å². The highest BCUT2D eigenvalue weighted by molar-refractivity contribution is 7.13. The van der Waals surface area contributed by atoms with Crippen LogP contribution < -0.4 is 5.32 Å². The van der Waals surface area contributed by atoms with E-state index >= 15 is 0 Å². The van der Waals surface area contributed by atoms with Crippen molar-refractivity contribution in [1.29, 1.82) is 0 Å². The number of anilines is 1. The molecule has 0 spiro atoms. The molecule has 116 valence electrons. The Kier molecular flexibility index (Phi) is 3.38. The number of aryl methyl sites for hydroxylation is 2. The van der Waals surface area contributed by atoms with Crippen LogP contribution in [0.3, 0.4) is 0 Å². The number of nitrogens with zero attached hydrogens (tertiary/aromatic N) is 3. The topological polar surface area (TPSA) is 58.5 Å². The Morgan fingerprint density at radius 3 is 2.91 bits per heavy atom. The molecule has 4 rings (SSSR count). The van der Waals surface area contributed by atoms with E-state index in [-0.39, 0.29) is 6.04 Å². The number of hydrogen-bond acceptors (Lipinski definition) is 4. The summed E-state index contributed by atoms with van der Waals surface area (Å²) in [6, 6.07) is 8.34. The molecule has 0 saturated heterocycles. The molecule has 5 nitrogen and oxygen atoms in total. The predicted octanol–water partition coefficient (Wildman–Crippen LogP) is 3.87. The molecule has 3 heterocycles. The molecule has 3 aromatic heterocycles. The van der Waals surface area contributed by atoms with Crippen LogP contribution in [0.15, 0.2) is 48.2 Å². The van der Waals surface area contributed by atoms with Gasteiger partial charge < -0.3 is 10.3 Å². The average molecular weight is 323 g/mol.